The fourth-order valence-electron chi connectivity index (χ4n) is 3.77. The number of benzene rings is 3. The molecule has 0 spiro atoms. The number of hydrogen-bond donors (Lipinski definition) is 0. The van der Waals surface area contributed by atoms with Crippen molar-refractivity contribution in [2.45, 2.75) is 6.92 Å². The number of hydrogen-bond acceptors (Lipinski definition) is 7. The maximum atomic E-state index is 13.0. The van der Waals surface area contributed by atoms with E-state index in [4.69, 9.17) is 35.3 Å². The summed E-state index contributed by atoms with van der Waals surface area (Å²) in [6.45, 7) is 1.61. The van der Waals surface area contributed by atoms with Crippen molar-refractivity contribution in [3.05, 3.63) is 81.6 Å². The number of fused-ring (bicyclic) bond motifs is 1. The summed E-state index contributed by atoms with van der Waals surface area (Å²) in [4.78, 5) is 25.5. The lowest BCUT2D eigenvalue weighted by atomic mass is 10.1. The first-order valence-electron chi connectivity index (χ1n) is 10.7. The van der Waals surface area contributed by atoms with Crippen molar-refractivity contribution in [1.29, 1.82) is 0 Å². The minimum atomic E-state index is -0.274. The summed E-state index contributed by atoms with van der Waals surface area (Å²) >= 11 is 5.88. The van der Waals surface area contributed by atoms with Crippen LogP contribution in [0.2, 0.25) is 5.02 Å². The molecule has 1 aliphatic rings. The van der Waals surface area contributed by atoms with Gasteiger partial charge >= 0.3 is 0 Å². The van der Waals surface area contributed by atoms with Crippen molar-refractivity contribution in [3.63, 3.8) is 0 Å². The van der Waals surface area contributed by atoms with Crippen LogP contribution in [0, 0.1) is 6.92 Å². The van der Waals surface area contributed by atoms with E-state index in [0.717, 1.165) is 0 Å². The van der Waals surface area contributed by atoms with Gasteiger partial charge in [-0.1, -0.05) is 11.6 Å². The molecule has 3 aromatic rings. The largest absolute Gasteiger partial charge is 0.493 e. The molecule has 35 heavy (non-hydrogen) atoms. The van der Waals surface area contributed by atoms with E-state index in [1.165, 1.54) is 21.3 Å². The molecule has 7 nitrogen and oxygen atoms in total. The summed E-state index contributed by atoms with van der Waals surface area (Å²) < 4.78 is 27.9. The standard InChI is InChI=1S/C27H23ClO7/c1-15-21(34-14-20(29)16-5-8-18(28)9-6-16)12-10-19-24(30)23(35-25(15)19)13-17-7-11-22(31-2)27(33-4)26(17)32-3/h5-13H,14H2,1-4H3/b23-13-. The topological polar surface area (TPSA) is 80.3 Å². The molecule has 4 rings (SSSR count). The molecule has 0 amide bonds. The second kappa shape index (κ2) is 10.1. The van der Waals surface area contributed by atoms with E-state index >= 15 is 0 Å². The van der Waals surface area contributed by atoms with E-state index in [2.05, 4.69) is 0 Å². The van der Waals surface area contributed by atoms with E-state index in [1.807, 2.05) is 0 Å². The first kappa shape index (κ1) is 24.2. The monoisotopic (exact) mass is 494 g/mol. The number of carbonyl (C=O) groups is 2. The molecule has 0 radical (unpaired) electrons. The molecule has 180 valence electrons. The molecule has 1 heterocycles. The molecule has 0 aromatic heterocycles. The lowest BCUT2D eigenvalue weighted by molar-refractivity contribution is 0.0920. The Labute approximate surface area is 207 Å². The first-order chi connectivity index (χ1) is 16.9. The number of methoxy groups -OCH3 is 3. The zero-order valence-electron chi connectivity index (χ0n) is 19.6. The van der Waals surface area contributed by atoms with Crippen LogP contribution in [0.25, 0.3) is 6.08 Å². The Kier molecular flexibility index (Phi) is 6.98. The highest BCUT2D eigenvalue weighted by molar-refractivity contribution is 6.30. The van der Waals surface area contributed by atoms with E-state index in [1.54, 1.807) is 61.5 Å². The van der Waals surface area contributed by atoms with Crippen molar-refractivity contribution in [2.75, 3.05) is 27.9 Å². The van der Waals surface area contributed by atoms with Gasteiger partial charge in [0, 0.05) is 21.7 Å². The van der Waals surface area contributed by atoms with Crippen LogP contribution in [-0.2, 0) is 0 Å². The van der Waals surface area contributed by atoms with Crippen LogP contribution >= 0.6 is 11.6 Å². The van der Waals surface area contributed by atoms with E-state index in [0.29, 0.717) is 56.0 Å². The summed E-state index contributed by atoms with van der Waals surface area (Å²) in [6.07, 6.45) is 1.59. The Morgan fingerprint density at radius 1 is 0.914 bits per heavy atom. The molecular weight excluding hydrogens is 472 g/mol. The number of rotatable bonds is 8. The minimum Gasteiger partial charge on any atom is -0.493 e. The van der Waals surface area contributed by atoms with Crippen LogP contribution in [0.4, 0.5) is 0 Å². The smallest absolute Gasteiger partial charge is 0.231 e. The molecule has 8 heteroatoms. The second-order valence-electron chi connectivity index (χ2n) is 7.65. The molecule has 0 atom stereocenters. The second-order valence-corrected chi connectivity index (χ2v) is 8.08. The molecular formula is C27H23ClO7. The van der Waals surface area contributed by atoms with Crippen LogP contribution in [0.1, 0.15) is 31.8 Å². The Morgan fingerprint density at radius 2 is 1.60 bits per heavy atom. The molecule has 0 N–H and O–H groups in total. The van der Waals surface area contributed by atoms with Gasteiger partial charge in [0.05, 0.1) is 26.9 Å². The number of Topliss-reactive ketones (excluding diaryl/α,β-unsaturated/α-hetero) is 2. The third-order valence-electron chi connectivity index (χ3n) is 5.58. The molecule has 0 fully saturated rings. The van der Waals surface area contributed by atoms with Gasteiger partial charge in [-0.25, -0.2) is 0 Å². The summed E-state index contributed by atoms with van der Waals surface area (Å²) in [7, 11) is 4.54. The van der Waals surface area contributed by atoms with Gasteiger partial charge in [0.15, 0.2) is 29.6 Å². The Balaban J connectivity index is 1.58. The number of ketones is 2. The van der Waals surface area contributed by atoms with E-state index in [9.17, 15) is 9.59 Å². The Hall–Kier alpha value is -3.97. The highest BCUT2D eigenvalue weighted by Crippen LogP contribution is 2.43. The van der Waals surface area contributed by atoms with Crippen LogP contribution in [0.15, 0.2) is 54.3 Å². The highest BCUT2D eigenvalue weighted by atomic mass is 35.5. The van der Waals surface area contributed by atoms with Crippen LogP contribution in [-0.4, -0.2) is 39.5 Å². The minimum absolute atomic E-state index is 0.128. The summed E-state index contributed by atoms with van der Waals surface area (Å²) in [6, 6.07) is 13.3. The van der Waals surface area contributed by atoms with Crippen LogP contribution in [0.3, 0.4) is 0 Å². The fraction of sp³-hybridized carbons (Fsp3) is 0.185. The average molecular weight is 495 g/mol. The van der Waals surface area contributed by atoms with Gasteiger partial charge in [0.25, 0.3) is 0 Å². The van der Waals surface area contributed by atoms with Gasteiger partial charge in [0.2, 0.25) is 11.5 Å². The van der Waals surface area contributed by atoms with Crippen LogP contribution < -0.4 is 23.7 Å². The van der Waals surface area contributed by atoms with Crippen molar-refractivity contribution in [2.24, 2.45) is 0 Å². The van der Waals surface area contributed by atoms with Crippen LogP contribution in [0.5, 0.6) is 28.7 Å². The highest BCUT2D eigenvalue weighted by Gasteiger charge is 2.31. The maximum Gasteiger partial charge on any atom is 0.231 e. The zero-order chi connectivity index (χ0) is 25.1. The lowest BCUT2D eigenvalue weighted by Crippen LogP contribution is -2.12. The number of carbonyl (C=O) groups excluding carboxylic acids is 2. The van der Waals surface area contributed by atoms with Crippen molar-refractivity contribution in [1.82, 2.24) is 0 Å². The quantitative estimate of drug-likeness (QED) is 0.300. The average Bonchev–Trinajstić information content (AvgIpc) is 3.19. The Bertz CT molecular complexity index is 1330. The van der Waals surface area contributed by atoms with Crippen molar-refractivity contribution >= 4 is 29.2 Å². The summed E-state index contributed by atoms with van der Waals surface area (Å²) in [5, 5.41) is 0.549. The van der Waals surface area contributed by atoms with Gasteiger partial charge < -0.3 is 23.7 Å². The molecule has 3 aromatic carbocycles. The van der Waals surface area contributed by atoms with E-state index < -0.39 is 0 Å². The van der Waals surface area contributed by atoms with Crippen molar-refractivity contribution in [3.8, 4) is 28.7 Å². The van der Waals surface area contributed by atoms with Gasteiger partial charge in [-0.15, -0.1) is 0 Å². The van der Waals surface area contributed by atoms with Gasteiger partial charge in [-0.2, -0.15) is 0 Å². The summed E-state index contributed by atoms with van der Waals surface area (Å²) in [5.41, 5.74) is 2.10. The maximum absolute atomic E-state index is 13.0. The number of ether oxygens (including phenoxy) is 5. The predicted molar refractivity (Wildman–Crippen MR) is 131 cm³/mol. The normalized spacial score (nSPS) is 13.3. The van der Waals surface area contributed by atoms with Crippen molar-refractivity contribution < 1.29 is 33.3 Å². The SMILES string of the molecule is COc1ccc(/C=C2\Oc3c(ccc(OCC(=O)c4ccc(Cl)cc4)c3C)C2=O)c(OC)c1OC. The molecule has 0 saturated heterocycles. The zero-order valence-corrected chi connectivity index (χ0v) is 20.4. The van der Waals surface area contributed by atoms with Gasteiger partial charge in [-0.3, -0.25) is 9.59 Å². The molecule has 0 aliphatic carbocycles. The first-order valence-corrected chi connectivity index (χ1v) is 11.0. The van der Waals surface area contributed by atoms with E-state index in [-0.39, 0.29) is 23.9 Å². The molecule has 1 aliphatic heterocycles. The molecule has 0 bridgehead atoms. The molecule has 0 unspecified atom stereocenters. The summed E-state index contributed by atoms with van der Waals surface area (Å²) in [5.74, 6) is 1.81. The molecule has 0 saturated carbocycles. The fourth-order valence-corrected chi connectivity index (χ4v) is 3.89. The van der Waals surface area contributed by atoms with Gasteiger partial charge in [0.1, 0.15) is 11.5 Å². The number of halogens is 1. The number of allylic oxidation sites excluding steroid dienone is 1. The Morgan fingerprint density at radius 3 is 2.26 bits per heavy atom. The third-order valence-corrected chi connectivity index (χ3v) is 5.83. The third kappa shape index (κ3) is 4.68. The van der Waals surface area contributed by atoms with Gasteiger partial charge in [-0.05, 0) is 61.5 Å². The predicted octanol–water partition coefficient (Wildman–Crippen LogP) is 5.55. The lowest BCUT2D eigenvalue weighted by Gasteiger charge is -2.14.